The Bertz CT molecular complexity index is 452. The fourth-order valence-electron chi connectivity index (χ4n) is 2.31. The largest absolute Gasteiger partial charge is 0.384 e. The van der Waals surface area contributed by atoms with Crippen molar-refractivity contribution >= 4 is 23.3 Å². The molecule has 0 bridgehead atoms. The van der Waals surface area contributed by atoms with Crippen LogP contribution in [0.3, 0.4) is 0 Å². The third kappa shape index (κ3) is 2.91. The molecule has 18 heavy (non-hydrogen) atoms. The number of anilines is 1. The molecule has 0 saturated carbocycles. The minimum absolute atomic E-state index is 0.224. The Hall–Kier alpha value is -1.33. The third-order valence-corrected chi connectivity index (χ3v) is 3.58. The Balaban J connectivity index is 2.15. The molecule has 1 aromatic heterocycles. The van der Waals surface area contributed by atoms with E-state index in [0.717, 1.165) is 25.8 Å². The molecule has 5 nitrogen and oxygen atoms in total. The minimum atomic E-state index is -0.283. The number of hydrogen-bond donors (Lipinski definition) is 2. The van der Waals surface area contributed by atoms with Gasteiger partial charge in [0.05, 0.1) is 16.8 Å². The van der Waals surface area contributed by atoms with Gasteiger partial charge in [-0.05, 0) is 31.5 Å². The molecular weight excluding hydrogens is 252 g/mol. The maximum atomic E-state index is 11.4. The van der Waals surface area contributed by atoms with Crippen molar-refractivity contribution in [3.8, 4) is 0 Å². The number of nitrogen functional groups attached to an aromatic ring is 1. The fraction of sp³-hybridized carbons (Fsp3) is 0.500. The van der Waals surface area contributed by atoms with Crippen LogP contribution in [-0.4, -0.2) is 28.4 Å². The highest BCUT2D eigenvalue weighted by Crippen LogP contribution is 2.22. The highest BCUT2D eigenvalue weighted by atomic mass is 35.5. The number of nitrogens with zero attached hydrogens (tertiary/aromatic N) is 2. The van der Waals surface area contributed by atoms with E-state index in [4.69, 9.17) is 23.1 Å². The van der Waals surface area contributed by atoms with Crippen LogP contribution in [-0.2, 0) is 11.3 Å². The molecule has 1 aromatic rings. The second kappa shape index (κ2) is 5.54. The molecule has 1 aliphatic rings. The second-order valence-corrected chi connectivity index (χ2v) is 4.96. The highest BCUT2D eigenvalue weighted by Gasteiger charge is 2.27. The number of carbonyl (C=O) groups is 1. The summed E-state index contributed by atoms with van der Waals surface area (Å²) in [6, 6.07) is 3.16. The van der Waals surface area contributed by atoms with E-state index in [1.165, 1.54) is 0 Å². The molecule has 0 spiro atoms. The molecule has 2 heterocycles. The zero-order valence-corrected chi connectivity index (χ0v) is 10.9. The first kappa shape index (κ1) is 13.1. The number of pyridine rings is 1. The lowest BCUT2D eigenvalue weighted by molar-refractivity contribution is -0.124. The van der Waals surface area contributed by atoms with Crippen molar-refractivity contribution in [2.24, 2.45) is 5.73 Å². The van der Waals surface area contributed by atoms with Crippen molar-refractivity contribution in [1.29, 1.82) is 0 Å². The molecule has 4 N–H and O–H groups in total. The number of amides is 1. The molecule has 6 heteroatoms. The van der Waals surface area contributed by atoms with Gasteiger partial charge in [-0.25, -0.2) is 4.98 Å². The topological polar surface area (TPSA) is 85.2 Å². The van der Waals surface area contributed by atoms with Gasteiger partial charge < -0.3 is 11.5 Å². The van der Waals surface area contributed by atoms with Crippen LogP contribution < -0.4 is 11.5 Å². The van der Waals surface area contributed by atoms with Gasteiger partial charge in [0, 0.05) is 6.54 Å². The summed E-state index contributed by atoms with van der Waals surface area (Å²) in [7, 11) is 0. The number of nitrogens with two attached hydrogens (primary N) is 2. The molecule has 1 aliphatic heterocycles. The van der Waals surface area contributed by atoms with E-state index in [-0.39, 0.29) is 11.9 Å². The molecule has 0 radical (unpaired) electrons. The number of piperidine rings is 1. The first-order chi connectivity index (χ1) is 8.58. The lowest BCUT2D eigenvalue weighted by Crippen LogP contribution is -2.47. The summed E-state index contributed by atoms with van der Waals surface area (Å²) < 4.78 is 0. The average molecular weight is 269 g/mol. The lowest BCUT2D eigenvalue weighted by Gasteiger charge is -2.33. The summed E-state index contributed by atoms with van der Waals surface area (Å²) in [4.78, 5) is 17.6. The van der Waals surface area contributed by atoms with Gasteiger partial charge in [0.25, 0.3) is 0 Å². The van der Waals surface area contributed by atoms with Gasteiger partial charge in [-0.15, -0.1) is 0 Å². The van der Waals surface area contributed by atoms with Crippen LogP contribution >= 0.6 is 11.6 Å². The summed E-state index contributed by atoms with van der Waals surface area (Å²) in [5, 5.41) is 0.568. The van der Waals surface area contributed by atoms with Crippen molar-refractivity contribution in [3.63, 3.8) is 0 Å². The minimum Gasteiger partial charge on any atom is -0.384 e. The quantitative estimate of drug-likeness (QED) is 0.861. The normalized spacial score (nSPS) is 20.8. The summed E-state index contributed by atoms with van der Waals surface area (Å²) in [6.07, 6.45) is 2.89. The summed E-state index contributed by atoms with van der Waals surface area (Å²) in [5.74, 6) is 0.150. The van der Waals surface area contributed by atoms with E-state index >= 15 is 0 Å². The maximum absolute atomic E-state index is 11.4. The van der Waals surface area contributed by atoms with Crippen molar-refractivity contribution in [3.05, 3.63) is 22.8 Å². The molecule has 1 fully saturated rings. The number of rotatable bonds is 3. The second-order valence-electron chi connectivity index (χ2n) is 4.55. The number of carbonyl (C=O) groups excluding carboxylic acids is 1. The van der Waals surface area contributed by atoms with E-state index in [2.05, 4.69) is 4.98 Å². The van der Waals surface area contributed by atoms with Gasteiger partial charge in [0.15, 0.2) is 0 Å². The van der Waals surface area contributed by atoms with Gasteiger partial charge >= 0.3 is 0 Å². The zero-order chi connectivity index (χ0) is 13.1. The van der Waals surface area contributed by atoms with Crippen LogP contribution in [0.5, 0.6) is 0 Å². The highest BCUT2D eigenvalue weighted by molar-refractivity contribution is 6.31. The van der Waals surface area contributed by atoms with Gasteiger partial charge in [-0.1, -0.05) is 18.0 Å². The Labute approximate surface area is 111 Å². The summed E-state index contributed by atoms with van der Waals surface area (Å²) >= 11 is 6.08. The van der Waals surface area contributed by atoms with Gasteiger partial charge in [0.2, 0.25) is 5.91 Å². The third-order valence-electron chi connectivity index (χ3n) is 3.24. The van der Waals surface area contributed by atoms with Crippen LogP contribution in [0.15, 0.2) is 12.1 Å². The first-order valence-electron chi connectivity index (χ1n) is 6.02. The SMILES string of the molecule is NC(=O)C1CCCCN1Cc1nc(N)ccc1Cl. The molecule has 2 rings (SSSR count). The van der Waals surface area contributed by atoms with E-state index in [0.29, 0.717) is 23.1 Å². The van der Waals surface area contributed by atoms with E-state index < -0.39 is 0 Å². The number of likely N-dealkylation sites (tertiary alicyclic amines) is 1. The van der Waals surface area contributed by atoms with E-state index in [9.17, 15) is 4.79 Å². The number of hydrogen-bond acceptors (Lipinski definition) is 4. The standard InChI is InChI=1S/C12H17ClN4O/c13-8-4-5-11(14)16-9(8)7-17-6-2-1-3-10(17)12(15)18/h4-5,10H,1-3,6-7H2,(H2,14,16)(H2,15,18). The monoisotopic (exact) mass is 268 g/mol. The van der Waals surface area contributed by atoms with Crippen molar-refractivity contribution < 1.29 is 4.79 Å². The van der Waals surface area contributed by atoms with Crippen LogP contribution in [0.1, 0.15) is 25.0 Å². The zero-order valence-electron chi connectivity index (χ0n) is 10.1. The van der Waals surface area contributed by atoms with Crippen LogP contribution in [0.2, 0.25) is 5.02 Å². The molecule has 1 amide bonds. The maximum Gasteiger partial charge on any atom is 0.234 e. The molecule has 98 valence electrons. The molecule has 1 saturated heterocycles. The summed E-state index contributed by atoms with van der Waals surface area (Å²) in [5.41, 5.74) is 11.8. The molecular formula is C12H17ClN4O. The van der Waals surface area contributed by atoms with E-state index in [1.807, 2.05) is 4.90 Å². The van der Waals surface area contributed by atoms with Gasteiger partial charge in [0.1, 0.15) is 5.82 Å². The Morgan fingerprint density at radius 2 is 2.28 bits per heavy atom. The van der Waals surface area contributed by atoms with Crippen LogP contribution in [0.25, 0.3) is 0 Å². The number of aromatic nitrogens is 1. The van der Waals surface area contributed by atoms with Crippen LogP contribution in [0, 0.1) is 0 Å². The molecule has 1 unspecified atom stereocenters. The summed E-state index contributed by atoms with van der Waals surface area (Å²) in [6.45, 7) is 1.35. The average Bonchev–Trinajstić information content (AvgIpc) is 2.34. The predicted molar refractivity (Wildman–Crippen MR) is 70.9 cm³/mol. The number of halogens is 1. The van der Waals surface area contributed by atoms with E-state index in [1.54, 1.807) is 12.1 Å². The molecule has 1 atom stereocenters. The smallest absolute Gasteiger partial charge is 0.234 e. The van der Waals surface area contributed by atoms with Gasteiger partial charge in [-0.3, -0.25) is 9.69 Å². The van der Waals surface area contributed by atoms with Crippen molar-refractivity contribution in [2.75, 3.05) is 12.3 Å². The Kier molecular flexibility index (Phi) is 4.04. The van der Waals surface area contributed by atoms with Crippen molar-refractivity contribution in [2.45, 2.75) is 31.8 Å². The Morgan fingerprint density at radius 3 is 3.00 bits per heavy atom. The fourth-order valence-corrected chi connectivity index (χ4v) is 2.47. The lowest BCUT2D eigenvalue weighted by atomic mass is 10.0. The molecule has 0 aliphatic carbocycles. The Morgan fingerprint density at radius 1 is 1.50 bits per heavy atom. The predicted octanol–water partition coefficient (Wildman–Crippen LogP) is 1.16. The van der Waals surface area contributed by atoms with Crippen molar-refractivity contribution in [1.82, 2.24) is 9.88 Å². The first-order valence-corrected chi connectivity index (χ1v) is 6.40. The van der Waals surface area contributed by atoms with Gasteiger partial charge in [-0.2, -0.15) is 0 Å². The number of primary amides is 1. The molecule has 0 aromatic carbocycles. The van der Waals surface area contributed by atoms with Crippen LogP contribution in [0.4, 0.5) is 5.82 Å².